The second-order valence-electron chi connectivity index (χ2n) is 4.16. The monoisotopic (exact) mass is 376 g/mol. The van der Waals surface area contributed by atoms with Gasteiger partial charge in [-0.15, -0.1) is 0 Å². The summed E-state index contributed by atoms with van der Waals surface area (Å²) < 4.78 is 98.7. The topological polar surface area (TPSA) is 46.2 Å². The zero-order chi connectivity index (χ0) is 18.9. The van der Waals surface area contributed by atoms with Crippen LogP contribution in [0, 0.1) is 0 Å². The Morgan fingerprint density at radius 1 is 0.960 bits per heavy atom. The van der Waals surface area contributed by atoms with Gasteiger partial charge in [-0.1, -0.05) is 6.58 Å². The number of benzene rings is 1. The third-order valence-electron chi connectivity index (χ3n) is 2.62. The van der Waals surface area contributed by atoms with Crippen LogP contribution in [-0.2, 0) is 4.74 Å². The zero-order valence-electron chi connectivity index (χ0n) is 12.7. The number of hydrogen-bond acceptors (Lipinski definition) is 5. The molecule has 0 aliphatic heterocycles. The highest BCUT2D eigenvalue weighted by atomic mass is 19.4. The van der Waals surface area contributed by atoms with Gasteiger partial charge in [0.25, 0.3) is 0 Å². The van der Waals surface area contributed by atoms with E-state index < -0.39 is 62.5 Å². The highest BCUT2D eigenvalue weighted by Crippen LogP contribution is 2.42. The summed E-state index contributed by atoms with van der Waals surface area (Å²) in [7, 11) is 0. The molecule has 0 spiro atoms. The van der Waals surface area contributed by atoms with Gasteiger partial charge in [0.05, 0.1) is 6.26 Å². The van der Waals surface area contributed by atoms with Gasteiger partial charge >= 0.3 is 6.18 Å². The second-order valence-corrected chi connectivity index (χ2v) is 4.16. The van der Waals surface area contributed by atoms with Crippen molar-refractivity contribution in [2.75, 3.05) is 27.2 Å². The van der Waals surface area contributed by atoms with Crippen molar-refractivity contribution in [1.29, 1.82) is 0 Å². The molecule has 1 rings (SSSR count). The van der Waals surface area contributed by atoms with Crippen LogP contribution >= 0.6 is 0 Å². The summed E-state index contributed by atoms with van der Waals surface area (Å²) in [6.45, 7) is -2.04. The van der Waals surface area contributed by atoms with Crippen LogP contribution in [0.3, 0.4) is 0 Å². The number of halogens is 6. The molecule has 5 nitrogen and oxygen atoms in total. The fraction of sp³-hybridized carbons (Fsp3) is 0.429. The van der Waals surface area contributed by atoms with Crippen molar-refractivity contribution < 1.29 is 50.0 Å². The fourth-order valence-electron chi connectivity index (χ4n) is 1.66. The van der Waals surface area contributed by atoms with Gasteiger partial charge in [0.15, 0.2) is 11.5 Å². The number of rotatable bonds is 11. The van der Waals surface area contributed by atoms with Crippen molar-refractivity contribution in [3.63, 3.8) is 0 Å². The molecular weight excluding hydrogens is 362 g/mol. The van der Waals surface area contributed by atoms with Crippen LogP contribution in [0.2, 0.25) is 0 Å². The lowest BCUT2D eigenvalue weighted by Crippen LogP contribution is -2.38. The van der Waals surface area contributed by atoms with Crippen LogP contribution in [0.4, 0.5) is 26.3 Å². The van der Waals surface area contributed by atoms with Gasteiger partial charge in [0, 0.05) is 12.1 Å². The fourth-order valence-corrected chi connectivity index (χ4v) is 1.66. The molecule has 0 radical (unpaired) electrons. The van der Waals surface area contributed by atoms with Crippen molar-refractivity contribution in [3.05, 3.63) is 25.0 Å². The summed E-state index contributed by atoms with van der Waals surface area (Å²) in [6.07, 6.45) is -6.45. The molecule has 0 aliphatic carbocycles. The molecule has 1 aromatic carbocycles. The van der Waals surface area contributed by atoms with E-state index in [0.29, 0.717) is 0 Å². The largest absolute Gasteiger partial charge is 0.498 e. The molecule has 0 aromatic heterocycles. The predicted octanol–water partition coefficient (Wildman–Crippen LogP) is 4.07. The predicted molar refractivity (Wildman–Crippen MR) is 72.9 cm³/mol. The Kier molecular flexibility index (Phi) is 8.02. The molecule has 0 bridgehead atoms. The van der Waals surface area contributed by atoms with E-state index >= 15 is 0 Å². The smallest absolute Gasteiger partial charge is 0.428 e. The average molecular weight is 376 g/mol. The van der Waals surface area contributed by atoms with E-state index in [2.05, 4.69) is 25.5 Å². The molecule has 0 amide bonds. The molecule has 1 unspecified atom stereocenters. The molecule has 0 fully saturated rings. The molecule has 0 aliphatic rings. The first-order chi connectivity index (χ1) is 11.9. The summed E-state index contributed by atoms with van der Waals surface area (Å²) in [5.41, 5.74) is 0. The van der Waals surface area contributed by atoms with Crippen LogP contribution in [0.1, 0.15) is 0 Å². The quantitative estimate of drug-likeness (QED) is 0.430. The average Bonchev–Trinajstić information content (AvgIpc) is 2.54. The van der Waals surface area contributed by atoms with Gasteiger partial charge < -0.3 is 23.7 Å². The standard InChI is InChI=1S/C14H14F6O5/c1-2-21-5-12(14(18,19)20)25-9-3-10(22-6-15)13(24-8-17)11(4-9)23-7-16/h2-4,12H,1,5-8H2. The van der Waals surface area contributed by atoms with Crippen molar-refractivity contribution in [1.82, 2.24) is 0 Å². The Morgan fingerprint density at radius 2 is 1.48 bits per heavy atom. The molecule has 142 valence electrons. The zero-order valence-corrected chi connectivity index (χ0v) is 12.7. The SMILES string of the molecule is C=COCC(Oc1cc(OCF)c(OCF)c(OCF)c1)C(F)(F)F. The molecule has 0 saturated heterocycles. The molecule has 11 heteroatoms. The second kappa shape index (κ2) is 9.74. The van der Waals surface area contributed by atoms with Gasteiger partial charge in [-0.25, -0.2) is 13.2 Å². The lowest BCUT2D eigenvalue weighted by Gasteiger charge is -2.22. The third kappa shape index (κ3) is 6.16. The molecule has 0 heterocycles. The highest BCUT2D eigenvalue weighted by molar-refractivity contribution is 5.56. The van der Waals surface area contributed by atoms with Crippen LogP contribution in [0.15, 0.2) is 25.0 Å². The van der Waals surface area contributed by atoms with E-state index in [9.17, 15) is 26.3 Å². The van der Waals surface area contributed by atoms with Crippen LogP contribution in [-0.4, -0.2) is 39.5 Å². The Morgan fingerprint density at radius 3 is 1.88 bits per heavy atom. The minimum absolute atomic E-state index is 0.520. The van der Waals surface area contributed by atoms with Crippen molar-refractivity contribution in [2.24, 2.45) is 0 Å². The summed E-state index contributed by atoms with van der Waals surface area (Å²) in [5, 5.41) is 0. The lowest BCUT2D eigenvalue weighted by molar-refractivity contribution is -0.204. The van der Waals surface area contributed by atoms with Crippen LogP contribution in [0.25, 0.3) is 0 Å². The Labute approximate surface area is 138 Å². The van der Waals surface area contributed by atoms with E-state index in [0.717, 1.165) is 18.4 Å². The molecule has 1 aromatic rings. The molecule has 1 atom stereocenters. The Hall–Kier alpha value is -2.46. The summed E-state index contributed by atoms with van der Waals surface area (Å²) in [5.74, 6) is -2.12. The van der Waals surface area contributed by atoms with Crippen LogP contribution < -0.4 is 18.9 Å². The minimum Gasteiger partial charge on any atom is -0.498 e. The maximum Gasteiger partial charge on any atom is 0.428 e. The Balaban J connectivity index is 3.21. The first kappa shape index (κ1) is 20.6. The van der Waals surface area contributed by atoms with Gasteiger partial charge in [0.2, 0.25) is 32.4 Å². The minimum atomic E-state index is -4.82. The lowest BCUT2D eigenvalue weighted by atomic mass is 10.2. The summed E-state index contributed by atoms with van der Waals surface area (Å²) in [4.78, 5) is 0. The van der Waals surface area contributed by atoms with E-state index in [1.807, 2.05) is 0 Å². The van der Waals surface area contributed by atoms with Crippen LogP contribution in [0.5, 0.6) is 23.0 Å². The molecule has 0 N–H and O–H groups in total. The third-order valence-corrected chi connectivity index (χ3v) is 2.62. The van der Waals surface area contributed by atoms with Crippen molar-refractivity contribution >= 4 is 0 Å². The van der Waals surface area contributed by atoms with Gasteiger partial charge in [0.1, 0.15) is 12.4 Å². The van der Waals surface area contributed by atoms with E-state index in [4.69, 9.17) is 4.74 Å². The van der Waals surface area contributed by atoms with Gasteiger partial charge in [-0.05, 0) is 0 Å². The maximum atomic E-state index is 12.9. The van der Waals surface area contributed by atoms with E-state index in [-0.39, 0.29) is 0 Å². The number of ether oxygens (including phenoxy) is 5. The normalized spacial score (nSPS) is 12.2. The summed E-state index contributed by atoms with van der Waals surface area (Å²) >= 11 is 0. The van der Waals surface area contributed by atoms with Crippen molar-refractivity contribution in [3.8, 4) is 23.0 Å². The molecular formula is C14H14F6O5. The number of alkyl halides is 6. The van der Waals surface area contributed by atoms with E-state index in [1.165, 1.54) is 0 Å². The van der Waals surface area contributed by atoms with Gasteiger partial charge in [-0.2, -0.15) is 13.2 Å². The highest BCUT2D eigenvalue weighted by Gasteiger charge is 2.42. The first-order valence-electron chi connectivity index (χ1n) is 6.57. The van der Waals surface area contributed by atoms with Gasteiger partial charge in [-0.3, -0.25) is 0 Å². The summed E-state index contributed by atoms with van der Waals surface area (Å²) in [6, 6.07) is 1.62. The number of hydrogen-bond donors (Lipinski definition) is 0. The first-order valence-corrected chi connectivity index (χ1v) is 6.57. The van der Waals surface area contributed by atoms with E-state index in [1.54, 1.807) is 0 Å². The maximum absolute atomic E-state index is 12.9. The molecule has 25 heavy (non-hydrogen) atoms. The molecule has 0 saturated carbocycles. The Bertz CT molecular complexity index is 524. The van der Waals surface area contributed by atoms with Crippen molar-refractivity contribution in [2.45, 2.75) is 12.3 Å².